The molecule has 2 aromatic heterocycles. The van der Waals surface area contributed by atoms with Gasteiger partial charge >= 0.3 is 0 Å². The van der Waals surface area contributed by atoms with Crippen LogP contribution in [0.5, 0.6) is 0 Å². The van der Waals surface area contributed by atoms with E-state index in [-0.39, 0.29) is 12.0 Å². The average Bonchev–Trinajstić information content (AvgIpc) is 3.31. The third-order valence-electron chi connectivity index (χ3n) is 5.03. The van der Waals surface area contributed by atoms with E-state index in [4.69, 9.17) is 4.74 Å². The number of hydrogen-bond donors (Lipinski definition) is 0. The Morgan fingerprint density at radius 2 is 2.28 bits per heavy atom. The minimum atomic E-state index is 0.0457. The summed E-state index contributed by atoms with van der Waals surface area (Å²) < 4.78 is 7.75. The Bertz CT molecular complexity index is 722. The largest absolute Gasteiger partial charge is 0.376 e. The molecule has 2 aromatic rings. The first kappa shape index (κ1) is 16.3. The van der Waals surface area contributed by atoms with Gasteiger partial charge in [-0.3, -0.25) is 14.5 Å². The van der Waals surface area contributed by atoms with E-state index in [1.807, 2.05) is 27.8 Å². The van der Waals surface area contributed by atoms with E-state index in [2.05, 4.69) is 10.1 Å². The summed E-state index contributed by atoms with van der Waals surface area (Å²) in [5, 5.41) is 4.42. The molecule has 4 heterocycles. The van der Waals surface area contributed by atoms with Gasteiger partial charge in [0.2, 0.25) is 0 Å². The van der Waals surface area contributed by atoms with E-state index in [1.54, 1.807) is 12.4 Å². The van der Waals surface area contributed by atoms with E-state index in [0.717, 1.165) is 62.2 Å². The van der Waals surface area contributed by atoms with Crippen LogP contribution >= 0.6 is 0 Å². The second-order valence-corrected chi connectivity index (χ2v) is 6.83. The van der Waals surface area contributed by atoms with Crippen LogP contribution in [0.15, 0.2) is 30.6 Å². The number of carbonyl (C=O) groups excluding carboxylic acids is 1. The Morgan fingerprint density at radius 1 is 1.32 bits per heavy atom. The Balaban J connectivity index is 1.57. The van der Waals surface area contributed by atoms with E-state index in [1.165, 1.54) is 0 Å². The molecule has 0 radical (unpaired) electrons. The maximum atomic E-state index is 13.3. The molecule has 6 nitrogen and oxygen atoms in total. The summed E-state index contributed by atoms with van der Waals surface area (Å²) in [4.78, 5) is 19.5. The van der Waals surface area contributed by atoms with Crippen molar-refractivity contribution in [3.05, 3.63) is 47.5 Å². The van der Waals surface area contributed by atoms with E-state index < -0.39 is 0 Å². The van der Waals surface area contributed by atoms with Gasteiger partial charge in [-0.15, -0.1) is 0 Å². The summed E-state index contributed by atoms with van der Waals surface area (Å²) >= 11 is 0. The monoisotopic (exact) mass is 340 g/mol. The molecule has 6 heteroatoms. The average molecular weight is 340 g/mol. The first-order valence-corrected chi connectivity index (χ1v) is 9.17. The molecule has 1 unspecified atom stereocenters. The Labute approximate surface area is 147 Å². The summed E-state index contributed by atoms with van der Waals surface area (Å²) in [5.74, 6) is 0.0457. The fourth-order valence-electron chi connectivity index (χ4n) is 3.71. The summed E-state index contributed by atoms with van der Waals surface area (Å²) in [6.45, 7) is 2.82. The number of aryl methyl sites for hydroxylation is 1. The van der Waals surface area contributed by atoms with Gasteiger partial charge in [0.05, 0.1) is 35.8 Å². The van der Waals surface area contributed by atoms with Gasteiger partial charge in [0, 0.05) is 25.9 Å². The van der Waals surface area contributed by atoms with Gasteiger partial charge in [-0.05, 0) is 44.2 Å². The van der Waals surface area contributed by atoms with Gasteiger partial charge in [-0.25, -0.2) is 0 Å². The van der Waals surface area contributed by atoms with Crippen LogP contribution in [0.25, 0.3) is 0 Å². The van der Waals surface area contributed by atoms with Crippen molar-refractivity contribution in [2.24, 2.45) is 0 Å². The fraction of sp³-hybridized carbons (Fsp3) is 0.526. The number of pyridine rings is 1. The lowest BCUT2D eigenvalue weighted by Gasteiger charge is -2.26. The van der Waals surface area contributed by atoms with Crippen molar-refractivity contribution in [2.75, 3.05) is 13.2 Å². The van der Waals surface area contributed by atoms with Crippen molar-refractivity contribution in [3.8, 4) is 0 Å². The van der Waals surface area contributed by atoms with E-state index >= 15 is 0 Å². The minimum absolute atomic E-state index is 0.0457. The molecule has 2 aliphatic rings. The lowest BCUT2D eigenvalue weighted by atomic mass is 10.1. The number of amides is 1. The first-order chi connectivity index (χ1) is 12.3. The molecular weight excluding hydrogens is 316 g/mol. The molecule has 1 saturated heterocycles. The number of fused-ring (bicyclic) bond motifs is 1. The summed E-state index contributed by atoms with van der Waals surface area (Å²) in [5.41, 5.74) is 2.72. The SMILES string of the molecule is O=C(c1cnn2c1CCCC2)N(Cc1ccccn1)CC1CCCO1. The van der Waals surface area contributed by atoms with Gasteiger partial charge in [-0.1, -0.05) is 6.07 Å². The number of hydrogen-bond acceptors (Lipinski definition) is 4. The zero-order valence-electron chi connectivity index (χ0n) is 14.4. The molecule has 0 bridgehead atoms. The molecule has 0 saturated carbocycles. The zero-order chi connectivity index (χ0) is 17.1. The van der Waals surface area contributed by atoms with Crippen LogP contribution in [0, 0.1) is 0 Å². The fourth-order valence-corrected chi connectivity index (χ4v) is 3.71. The van der Waals surface area contributed by atoms with Crippen LogP contribution < -0.4 is 0 Å². The molecule has 1 amide bonds. The highest BCUT2D eigenvalue weighted by Gasteiger charge is 2.27. The van der Waals surface area contributed by atoms with Gasteiger partial charge in [0.15, 0.2) is 0 Å². The van der Waals surface area contributed by atoms with Gasteiger partial charge in [0.1, 0.15) is 0 Å². The zero-order valence-corrected chi connectivity index (χ0v) is 14.4. The third kappa shape index (κ3) is 3.58. The maximum Gasteiger partial charge on any atom is 0.257 e. The van der Waals surface area contributed by atoms with Crippen molar-refractivity contribution in [3.63, 3.8) is 0 Å². The van der Waals surface area contributed by atoms with Gasteiger partial charge < -0.3 is 9.64 Å². The number of carbonyl (C=O) groups is 1. The van der Waals surface area contributed by atoms with Crippen LogP contribution in [0.1, 0.15) is 47.4 Å². The molecule has 0 aromatic carbocycles. The lowest BCUT2D eigenvalue weighted by molar-refractivity contribution is 0.0503. The van der Waals surface area contributed by atoms with Crippen LogP contribution in [-0.4, -0.2) is 44.8 Å². The van der Waals surface area contributed by atoms with Gasteiger partial charge in [-0.2, -0.15) is 5.10 Å². The quantitative estimate of drug-likeness (QED) is 0.839. The number of aromatic nitrogens is 3. The third-order valence-corrected chi connectivity index (χ3v) is 5.03. The molecular formula is C19H24N4O2. The van der Waals surface area contributed by atoms with Crippen LogP contribution in [0.4, 0.5) is 0 Å². The molecule has 0 spiro atoms. The Hall–Kier alpha value is -2.21. The summed E-state index contributed by atoms with van der Waals surface area (Å²) in [6.07, 6.45) is 8.90. The predicted molar refractivity (Wildman–Crippen MR) is 93.1 cm³/mol. The molecule has 0 N–H and O–H groups in total. The minimum Gasteiger partial charge on any atom is -0.376 e. The smallest absolute Gasteiger partial charge is 0.257 e. The highest BCUT2D eigenvalue weighted by Crippen LogP contribution is 2.22. The van der Waals surface area contributed by atoms with Crippen molar-refractivity contribution in [1.29, 1.82) is 0 Å². The summed E-state index contributed by atoms with van der Waals surface area (Å²) in [7, 11) is 0. The van der Waals surface area contributed by atoms with Crippen LogP contribution in [0.2, 0.25) is 0 Å². The molecule has 4 rings (SSSR count). The van der Waals surface area contributed by atoms with Crippen LogP contribution in [0.3, 0.4) is 0 Å². The summed E-state index contributed by atoms with van der Waals surface area (Å²) in [6, 6.07) is 5.81. The molecule has 2 aliphatic heterocycles. The van der Waals surface area contributed by atoms with E-state index in [9.17, 15) is 4.79 Å². The van der Waals surface area contributed by atoms with Crippen molar-refractivity contribution in [2.45, 2.75) is 51.3 Å². The second kappa shape index (κ2) is 7.35. The molecule has 0 aliphatic carbocycles. The van der Waals surface area contributed by atoms with Crippen molar-refractivity contribution >= 4 is 5.91 Å². The second-order valence-electron chi connectivity index (χ2n) is 6.83. The highest BCUT2D eigenvalue weighted by molar-refractivity contribution is 5.95. The Kier molecular flexibility index (Phi) is 4.78. The molecule has 132 valence electrons. The molecule has 1 fully saturated rings. The maximum absolute atomic E-state index is 13.3. The highest BCUT2D eigenvalue weighted by atomic mass is 16.5. The van der Waals surface area contributed by atoms with Gasteiger partial charge in [0.25, 0.3) is 5.91 Å². The number of ether oxygens (including phenoxy) is 1. The Morgan fingerprint density at radius 3 is 3.08 bits per heavy atom. The molecule has 1 atom stereocenters. The molecule has 25 heavy (non-hydrogen) atoms. The number of rotatable bonds is 5. The topological polar surface area (TPSA) is 60.2 Å². The van der Waals surface area contributed by atoms with Crippen LogP contribution in [-0.2, 0) is 24.2 Å². The predicted octanol–water partition coefficient (Wildman–Crippen LogP) is 2.44. The normalized spacial score (nSPS) is 19.6. The lowest BCUT2D eigenvalue weighted by Crippen LogP contribution is -2.37. The van der Waals surface area contributed by atoms with Crippen molar-refractivity contribution < 1.29 is 9.53 Å². The number of nitrogens with zero attached hydrogens (tertiary/aromatic N) is 4. The standard InChI is InChI=1S/C19H24N4O2/c24-19(17-12-21-23-10-4-2-8-18(17)23)22(14-16-7-5-11-25-16)13-15-6-1-3-9-20-15/h1,3,6,9,12,16H,2,4-5,7-8,10-11,13-14H2. The van der Waals surface area contributed by atoms with Crippen molar-refractivity contribution in [1.82, 2.24) is 19.7 Å². The first-order valence-electron chi connectivity index (χ1n) is 9.17. The van der Waals surface area contributed by atoms with E-state index in [0.29, 0.717) is 13.1 Å².